The van der Waals surface area contributed by atoms with Crippen LogP contribution in [0.1, 0.15) is 11.3 Å². The number of ether oxygens (including phenoxy) is 1. The zero-order valence-electron chi connectivity index (χ0n) is 15.7. The van der Waals surface area contributed by atoms with Gasteiger partial charge in [0, 0.05) is 11.2 Å². The monoisotopic (exact) mass is 423 g/mol. The average Bonchev–Trinajstić information content (AvgIpc) is 3.17. The Kier molecular flexibility index (Phi) is 5.74. The van der Waals surface area contributed by atoms with E-state index >= 15 is 0 Å². The number of carbonyl (C=O) groups is 1. The average molecular weight is 424 g/mol. The van der Waals surface area contributed by atoms with Crippen molar-refractivity contribution in [3.8, 4) is 5.75 Å². The topological polar surface area (TPSA) is 55.3 Å². The number of amides is 1. The summed E-state index contributed by atoms with van der Waals surface area (Å²) in [7, 11) is 0. The fourth-order valence-corrected chi connectivity index (χ4v) is 4.05. The molecule has 0 atom stereocenters. The Balaban J connectivity index is 1.60. The molecule has 5 nitrogen and oxygen atoms in total. The highest BCUT2D eigenvalue weighted by Crippen LogP contribution is 2.31. The second-order valence-corrected chi connectivity index (χ2v) is 7.91. The van der Waals surface area contributed by atoms with Gasteiger partial charge in [-0.2, -0.15) is 0 Å². The molecule has 2 aromatic carbocycles. The molecule has 0 aliphatic heterocycles. The van der Waals surface area contributed by atoms with E-state index in [1.807, 2.05) is 43.3 Å². The van der Waals surface area contributed by atoms with Gasteiger partial charge < -0.3 is 4.74 Å². The van der Waals surface area contributed by atoms with Crippen LogP contribution in [0, 0.1) is 6.92 Å². The van der Waals surface area contributed by atoms with E-state index in [4.69, 9.17) is 21.3 Å². The van der Waals surface area contributed by atoms with Gasteiger partial charge in [0.1, 0.15) is 5.75 Å². The van der Waals surface area contributed by atoms with Crippen LogP contribution >= 0.6 is 22.9 Å². The second-order valence-electron chi connectivity index (χ2n) is 6.46. The predicted octanol–water partition coefficient (Wildman–Crippen LogP) is 5.27. The zero-order valence-corrected chi connectivity index (χ0v) is 17.3. The maximum absolute atomic E-state index is 13.1. The van der Waals surface area contributed by atoms with Crippen LogP contribution in [-0.4, -0.2) is 22.5 Å². The molecule has 0 bridgehead atoms. The van der Waals surface area contributed by atoms with E-state index < -0.39 is 0 Å². The molecule has 2 aromatic heterocycles. The molecule has 0 aliphatic carbocycles. The van der Waals surface area contributed by atoms with E-state index in [9.17, 15) is 4.79 Å². The number of anilines is 1. The summed E-state index contributed by atoms with van der Waals surface area (Å²) in [5.41, 5.74) is 2.76. The number of para-hydroxylation sites is 1. The summed E-state index contributed by atoms with van der Waals surface area (Å²) in [4.78, 5) is 23.8. The van der Waals surface area contributed by atoms with Gasteiger partial charge in [0.2, 0.25) is 0 Å². The first-order valence-electron chi connectivity index (χ1n) is 9.05. The first-order chi connectivity index (χ1) is 14.1. The van der Waals surface area contributed by atoms with Gasteiger partial charge >= 0.3 is 0 Å². The Labute approximate surface area is 177 Å². The van der Waals surface area contributed by atoms with Crippen molar-refractivity contribution in [3.63, 3.8) is 0 Å². The molecule has 0 radical (unpaired) electrons. The number of hydrogen-bond donors (Lipinski definition) is 0. The molecule has 4 rings (SSSR count). The molecule has 0 fully saturated rings. The van der Waals surface area contributed by atoms with Crippen LogP contribution in [0.4, 0.5) is 5.13 Å². The quantitative estimate of drug-likeness (QED) is 0.424. The molecular weight excluding hydrogens is 406 g/mol. The third-order valence-electron chi connectivity index (χ3n) is 4.36. The van der Waals surface area contributed by atoms with Crippen LogP contribution in [0.25, 0.3) is 10.2 Å². The molecule has 0 aliphatic rings. The highest BCUT2D eigenvalue weighted by Gasteiger charge is 2.21. The lowest BCUT2D eigenvalue weighted by atomic mass is 10.2. The third kappa shape index (κ3) is 4.55. The number of fused-ring (bicyclic) bond motifs is 1. The van der Waals surface area contributed by atoms with Gasteiger partial charge in [-0.1, -0.05) is 41.1 Å². The summed E-state index contributed by atoms with van der Waals surface area (Å²) >= 11 is 7.39. The van der Waals surface area contributed by atoms with Crippen molar-refractivity contribution in [3.05, 3.63) is 83.1 Å². The van der Waals surface area contributed by atoms with Crippen LogP contribution in [0.2, 0.25) is 5.02 Å². The Morgan fingerprint density at radius 3 is 2.66 bits per heavy atom. The molecule has 1 amide bonds. The van der Waals surface area contributed by atoms with Gasteiger partial charge in [-0.3, -0.25) is 14.7 Å². The summed E-state index contributed by atoms with van der Waals surface area (Å²) in [6.45, 7) is 2.23. The maximum Gasteiger partial charge on any atom is 0.267 e. The van der Waals surface area contributed by atoms with E-state index in [0.717, 1.165) is 21.5 Å². The summed E-state index contributed by atoms with van der Waals surface area (Å²) in [6, 6.07) is 18.6. The highest BCUT2D eigenvalue weighted by atomic mass is 35.5. The van der Waals surface area contributed by atoms with Crippen molar-refractivity contribution in [1.82, 2.24) is 9.97 Å². The molecule has 0 N–H and O–H groups in total. The molecule has 29 heavy (non-hydrogen) atoms. The number of aromatic nitrogens is 2. The summed E-state index contributed by atoms with van der Waals surface area (Å²) in [5, 5.41) is 1.25. The number of benzene rings is 2. The van der Waals surface area contributed by atoms with Gasteiger partial charge in [0.05, 0.1) is 22.5 Å². The van der Waals surface area contributed by atoms with Gasteiger partial charge in [-0.05, 0) is 55.0 Å². The molecule has 0 unspecified atom stereocenters. The molecule has 4 aromatic rings. The van der Waals surface area contributed by atoms with E-state index in [1.165, 1.54) is 11.3 Å². The SMILES string of the molecule is Cc1cccc2sc(N(Cc3ccccn3)C(=O)COc3ccc(Cl)cc3)nc12. The van der Waals surface area contributed by atoms with Crippen LogP contribution in [-0.2, 0) is 11.3 Å². The molecule has 7 heteroatoms. The minimum Gasteiger partial charge on any atom is -0.484 e. The van der Waals surface area contributed by atoms with Crippen LogP contribution in [0.3, 0.4) is 0 Å². The molecule has 2 heterocycles. The Morgan fingerprint density at radius 1 is 1.10 bits per heavy atom. The Bertz CT molecular complexity index is 1130. The molecular formula is C22H18ClN3O2S. The van der Waals surface area contributed by atoms with Gasteiger partial charge in [0.25, 0.3) is 5.91 Å². The Morgan fingerprint density at radius 2 is 1.93 bits per heavy atom. The predicted molar refractivity (Wildman–Crippen MR) is 117 cm³/mol. The van der Waals surface area contributed by atoms with Crippen molar-refractivity contribution in [1.29, 1.82) is 0 Å². The van der Waals surface area contributed by atoms with Crippen molar-refractivity contribution in [2.75, 3.05) is 11.5 Å². The smallest absolute Gasteiger partial charge is 0.267 e. The first kappa shape index (κ1) is 19.4. The number of thiazole rings is 1. The van der Waals surface area contributed by atoms with Crippen molar-refractivity contribution in [2.45, 2.75) is 13.5 Å². The van der Waals surface area contributed by atoms with Crippen molar-refractivity contribution < 1.29 is 9.53 Å². The Hall–Kier alpha value is -2.96. The van der Waals surface area contributed by atoms with Crippen LogP contribution < -0.4 is 9.64 Å². The summed E-state index contributed by atoms with van der Waals surface area (Å²) in [5.74, 6) is 0.392. The van der Waals surface area contributed by atoms with Crippen LogP contribution in [0.15, 0.2) is 66.9 Å². The molecule has 0 saturated heterocycles. The lowest BCUT2D eigenvalue weighted by Crippen LogP contribution is -2.34. The number of pyridine rings is 1. The second kappa shape index (κ2) is 8.59. The largest absolute Gasteiger partial charge is 0.484 e. The highest BCUT2D eigenvalue weighted by molar-refractivity contribution is 7.22. The van der Waals surface area contributed by atoms with E-state index in [0.29, 0.717) is 22.4 Å². The number of rotatable bonds is 6. The molecule has 146 valence electrons. The number of aryl methyl sites for hydroxylation is 1. The fraction of sp³-hybridized carbons (Fsp3) is 0.136. The van der Waals surface area contributed by atoms with Crippen LogP contribution in [0.5, 0.6) is 5.75 Å². The van der Waals surface area contributed by atoms with E-state index in [-0.39, 0.29) is 12.5 Å². The number of nitrogens with zero attached hydrogens (tertiary/aromatic N) is 3. The van der Waals surface area contributed by atoms with E-state index in [2.05, 4.69) is 4.98 Å². The van der Waals surface area contributed by atoms with Gasteiger partial charge in [0.15, 0.2) is 11.7 Å². The normalized spacial score (nSPS) is 10.8. The number of halogens is 1. The minimum absolute atomic E-state index is 0.108. The third-order valence-corrected chi connectivity index (χ3v) is 5.66. The minimum atomic E-state index is -0.192. The van der Waals surface area contributed by atoms with Crippen molar-refractivity contribution in [2.24, 2.45) is 0 Å². The maximum atomic E-state index is 13.1. The standard InChI is InChI=1S/C22H18ClN3O2S/c1-15-5-4-7-19-21(15)25-22(29-19)26(13-17-6-2-3-12-24-17)20(27)14-28-18-10-8-16(23)9-11-18/h2-12H,13-14H2,1H3. The zero-order chi connectivity index (χ0) is 20.2. The summed E-state index contributed by atoms with van der Waals surface area (Å²) < 4.78 is 6.71. The number of hydrogen-bond acceptors (Lipinski definition) is 5. The lowest BCUT2D eigenvalue weighted by molar-refractivity contribution is -0.120. The number of carbonyl (C=O) groups excluding carboxylic acids is 1. The summed E-state index contributed by atoms with van der Waals surface area (Å²) in [6.07, 6.45) is 1.71. The fourth-order valence-electron chi connectivity index (χ4n) is 2.86. The van der Waals surface area contributed by atoms with Crippen molar-refractivity contribution >= 4 is 44.2 Å². The molecule has 0 spiro atoms. The first-order valence-corrected chi connectivity index (χ1v) is 10.2. The van der Waals surface area contributed by atoms with Gasteiger partial charge in [-0.15, -0.1) is 0 Å². The van der Waals surface area contributed by atoms with Gasteiger partial charge in [-0.25, -0.2) is 4.98 Å². The van der Waals surface area contributed by atoms with E-state index in [1.54, 1.807) is 35.4 Å². The lowest BCUT2D eigenvalue weighted by Gasteiger charge is -2.19. The molecule has 0 saturated carbocycles.